The molecule has 0 unspecified atom stereocenters. The molecule has 0 saturated carbocycles. The van der Waals surface area contributed by atoms with Crippen molar-refractivity contribution < 1.29 is 29.0 Å². The molecule has 0 aliphatic heterocycles. The number of para-hydroxylation sites is 2. The summed E-state index contributed by atoms with van der Waals surface area (Å²) in [5.74, 6) is -1.63. The van der Waals surface area contributed by atoms with Gasteiger partial charge in [-0.2, -0.15) is 10.2 Å². The van der Waals surface area contributed by atoms with E-state index in [0.29, 0.717) is 11.4 Å². The van der Waals surface area contributed by atoms with Crippen LogP contribution < -0.4 is 14.4 Å². The molecule has 1 N–H and O–H groups in total. The summed E-state index contributed by atoms with van der Waals surface area (Å²) in [5, 5.41) is 16.7. The van der Waals surface area contributed by atoms with Crippen LogP contribution in [0.2, 0.25) is 0 Å². The first-order valence-electron chi connectivity index (χ1n) is 8.14. The van der Waals surface area contributed by atoms with Crippen molar-refractivity contribution in [1.82, 2.24) is 0 Å². The summed E-state index contributed by atoms with van der Waals surface area (Å²) in [6.07, 6.45) is 0. The van der Waals surface area contributed by atoms with E-state index in [9.17, 15) is 14.4 Å². The Hall–Kier alpha value is -3.75. The number of carboxylic acids is 1. The number of benzene rings is 2. The average molecular weight is 385 g/mol. The zero-order valence-electron chi connectivity index (χ0n) is 15.6. The second kappa shape index (κ2) is 9.26. The van der Waals surface area contributed by atoms with Gasteiger partial charge in [0.15, 0.2) is 0 Å². The third-order valence-electron chi connectivity index (χ3n) is 3.70. The number of hydrogen-bond donors (Lipinski definition) is 1. The number of azo groups is 1. The minimum Gasteiger partial charge on any atom is -0.495 e. The molecule has 2 aromatic carbocycles. The molecule has 0 atom stereocenters. The van der Waals surface area contributed by atoms with E-state index < -0.39 is 24.3 Å². The molecule has 0 aliphatic rings. The molecule has 9 heteroatoms. The Morgan fingerprint density at radius 1 is 1.04 bits per heavy atom. The third-order valence-corrected chi connectivity index (χ3v) is 3.70. The lowest BCUT2D eigenvalue weighted by molar-refractivity contribution is -0.124. The summed E-state index contributed by atoms with van der Waals surface area (Å²) in [6.45, 7) is 0.858. The summed E-state index contributed by atoms with van der Waals surface area (Å²) in [6, 6.07) is 10.7. The first-order chi connectivity index (χ1) is 13.4. The van der Waals surface area contributed by atoms with Crippen molar-refractivity contribution in [2.75, 3.05) is 25.7 Å². The quantitative estimate of drug-likeness (QED) is 0.732. The van der Waals surface area contributed by atoms with Crippen molar-refractivity contribution in [3.8, 4) is 11.5 Å². The van der Waals surface area contributed by atoms with Gasteiger partial charge in [0.05, 0.1) is 25.5 Å². The van der Waals surface area contributed by atoms with Crippen molar-refractivity contribution in [1.29, 1.82) is 0 Å². The third kappa shape index (κ3) is 4.70. The van der Waals surface area contributed by atoms with Crippen molar-refractivity contribution in [3.63, 3.8) is 0 Å². The van der Waals surface area contributed by atoms with Crippen LogP contribution in [0.5, 0.6) is 11.5 Å². The summed E-state index contributed by atoms with van der Waals surface area (Å²) < 4.78 is 10.3. The van der Waals surface area contributed by atoms with Gasteiger partial charge in [0.1, 0.15) is 23.7 Å². The first kappa shape index (κ1) is 20.6. The zero-order valence-corrected chi connectivity index (χ0v) is 15.6. The van der Waals surface area contributed by atoms with Gasteiger partial charge in [0.25, 0.3) is 5.91 Å². The monoisotopic (exact) mass is 385 g/mol. The summed E-state index contributed by atoms with van der Waals surface area (Å²) in [7, 11) is 2.80. The topological polar surface area (TPSA) is 118 Å². The molecule has 0 radical (unpaired) electrons. The number of rotatable bonds is 7. The van der Waals surface area contributed by atoms with Crippen LogP contribution in [0.4, 0.5) is 11.4 Å². The number of carboxylic acid groups (broad SMARTS) is 1. The lowest BCUT2D eigenvalue weighted by Gasteiger charge is -2.20. The molecule has 2 rings (SSSR count). The normalized spacial score (nSPS) is 10.5. The van der Waals surface area contributed by atoms with Crippen LogP contribution >= 0.6 is 0 Å². The number of ether oxygens (including phenoxy) is 2. The fourth-order valence-corrected chi connectivity index (χ4v) is 2.43. The number of carbonyl (C=O) groups is 3. The predicted octanol–water partition coefficient (Wildman–Crippen LogP) is 3.07. The fourth-order valence-electron chi connectivity index (χ4n) is 2.43. The van der Waals surface area contributed by atoms with E-state index in [0.717, 1.165) is 4.90 Å². The van der Waals surface area contributed by atoms with Gasteiger partial charge in [-0.25, -0.2) is 9.69 Å². The molecule has 0 saturated heterocycles. The van der Waals surface area contributed by atoms with E-state index in [1.165, 1.54) is 39.3 Å². The number of imide groups is 1. The molecular weight excluding hydrogens is 366 g/mol. The van der Waals surface area contributed by atoms with E-state index >= 15 is 0 Å². The molecule has 2 aromatic rings. The highest BCUT2D eigenvalue weighted by molar-refractivity contribution is 6.15. The number of aromatic carboxylic acids is 1. The summed E-state index contributed by atoms with van der Waals surface area (Å²) in [4.78, 5) is 36.5. The van der Waals surface area contributed by atoms with E-state index in [2.05, 4.69) is 10.2 Å². The summed E-state index contributed by atoms with van der Waals surface area (Å²) in [5.41, 5.74) is 0.596. The van der Waals surface area contributed by atoms with Gasteiger partial charge in [-0.1, -0.05) is 12.1 Å². The average Bonchev–Trinajstić information content (AvgIpc) is 2.68. The lowest BCUT2D eigenvalue weighted by atomic mass is 10.2. The Morgan fingerprint density at radius 2 is 1.71 bits per heavy atom. The zero-order chi connectivity index (χ0) is 20.7. The smallest absolute Gasteiger partial charge is 0.335 e. The molecular formula is C19H19N3O6. The maximum absolute atomic E-state index is 12.5. The van der Waals surface area contributed by atoms with Crippen molar-refractivity contribution >= 4 is 29.2 Å². The minimum atomic E-state index is -1.11. The molecule has 9 nitrogen and oxygen atoms in total. The highest BCUT2D eigenvalue weighted by Crippen LogP contribution is 2.30. The van der Waals surface area contributed by atoms with Crippen molar-refractivity contribution in [3.05, 3.63) is 48.0 Å². The van der Waals surface area contributed by atoms with Gasteiger partial charge in [-0.3, -0.25) is 9.59 Å². The second-order valence-electron chi connectivity index (χ2n) is 5.51. The van der Waals surface area contributed by atoms with Crippen LogP contribution in [0, 0.1) is 0 Å². The largest absolute Gasteiger partial charge is 0.495 e. The van der Waals surface area contributed by atoms with Crippen LogP contribution in [0.25, 0.3) is 0 Å². The molecule has 146 valence electrons. The minimum absolute atomic E-state index is 0.0332. The maximum Gasteiger partial charge on any atom is 0.335 e. The number of carbonyl (C=O) groups excluding carboxylic acids is 2. The number of methoxy groups -OCH3 is 2. The number of amides is 2. The van der Waals surface area contributed by atoms with Gasteiger partial charge in [0, 0.05) is 6.92 Å². The number of nitrogens with zero attached hydrogens (tertiary/aromatic N) is 3. The Kier molecular flexibility index (Phi) is 6.80. The van der Waals surface area contributed by atoms with E-state index in [1.807, 2.05) is 0 Å². The second-order valence-corrected chi connectivity index (χ2v) is 5.51. The molecule has 0 bridgehead atoms. The Balaban J connectivity index is 2.21. The molecule has 2 amide bonds. The Bertz CT molecular complexity index is 926. The van der Waals surface area contributed by atoms with Gasteiger partial charge in [0.2, 0.25) is 5.91 Å². The highest BCUT2D eigenvalue weighted by Gasteiger charge is 2.23. The van der Waals surface area contributed by atoms with Gasteiger partial charge in [-0.15, -0.1) is 0 Å². The summed E-state index contributed by atoms with van der Waals surface area (Å²) >= 11 is 0. The lowest BCUT2D eigenvalue weighted by Crippen LogP contribution is -2.37. The predicted molar refractivity (Wildman–Crippen MR) is 100 cm³/mol. The van der Waals surface area contributed by atoms with Crippen molar-refractivity contribution in [2.45, 2.75) is 6.92 Å². The molecule has 0 heterocycles. The van der Waals surface area contributed by atoms with Crippen LogP contribution in [-0.4, -0.2) is 43.7 Å². The van der Waals surface area contributed by atoms with Gasteiger partial charge >= 0.3 is 5.97 Å². The molecule has 0 aromatic heterocycles. The van der Waals surface area contributed by atoms with Crippen LogP contribution in [0.1, 0.15) is 17.3 Å². The van der Waals surface area contributed by atoms with E-state index in [-0.39, 0.29) is 17.0 Å². The Morgan fingerprint density at radius 3 is 2.32 bits per heavy atom. The van der Waals surface area contributed by atoms with Crippen molar-refractivity contribution in [2.24, 2.45) is 10.2 Å². The first-order valence-corrected chi connectivity index (χ1v) is 8.14. The SMILES string of the molecule is COc1cc(C(=O)O)ccc1N=NCC(=O)N(C(C)=O)c1ccccc1OC. The van der Waals surface area contributed by atoms with Crippen LogP contribution in [-0.2, 0) is 9.59 Å². The van der Waals surface area contributed by atoms with Crippen LogP contribution in [0.15, 0.2) is 52.7 Å². The van der Waals surface area contributed by atoms with E-state index in [1.54, 1.807) is 24.3 Å². The molecule has 0 aliphatic carbocycles. The van der Waals surface area contributed by atoms with Crippen LogP contribution in [0.3, 0.4) is 0 Å². The van der Waals surface area contributed by atoms with E-state index in [4.69, 9.17) is 14.6 Å². The molecule has 0 spiro atoms. The highest BCUT2D eigenvalue weighted by atomic mass is 16.5. The molecule has 28 heavy (non-hydrogen) atoms. The Labute approximate surface area is 161 Å². The maximum atomic E-state index is 12.5. The number of anilines is 1. The standard InChI is InChI=1S/C19H19N3O6/c1-12(23)22(15-6-4-5-7-16(15)27-2)18(24)11-20-21-14-9-8-13(19(25)26)10-17(14)28-3/h4-10H,11H2,1-3H3,(H,25,26). The van der Waals surface area contributed by atoms with Gasteiger partial charge in [-0.05, 0) is 30.3 Å². The number of hydrogen-bond acceptors (Lipinski definition) is 7. The fraction of sp³-hybridized carbons (Fsp3) is 0.211. The molecule has 0 fully saturated rings. The van der Waals surface area contributed by atoms with Gasteiger partial charge < -0.3 is 14.6 Å².